The molecule has 0 saturated heterocycles. The van der Waals surface area contributed by atoms with Crippen molar-refractivity contribution in [2.45, 2.75) is 33.1 Å². The highest BCUT2D eigenvalue weighted by Crippen LogP contribution is 2.42. The summed E-state index contributed by atoms with van der Waals surface area (Å²) in [7, 11) is 0. The largest absolute Gasteiger partial charge is 0.492 e. The van der Waals surface area contributed by atoms with Gasteiger partial charge in [0.25, 0.3) is 0 Å². The van der Waals surface area contributed by atoms with E-state index in [1.54, 1.807) is 0 Å². The Kier molecular flexibility index (Phi) is 3.00. The summed E-state index contributed by atoms with van der Waals surface area (Å²) in [5.41, 5.74) is 4.82. The van der Waals surface area contributed by atoms with Crippen molar-refractivity contribution in [2.75, 3.05) is 13.2 Å². The molecule has 17 heavy (non-hydrogen) atoms. The van der Waals surface area contributed by atoms with Crippen molar-refractivity contribution in [3.63, 3.8) is 0 Å². The van der Waals surface area contributed by atoms with Gasteiger partial charge in [-0.05, 0) is 42.7 Å². The van der Waals surface area contributed by atoms with E-state index in [0.717, 1.165) is 17.9 Å². The maximum absolute atomic E-state index is 8.96. The molecule has 2 heteroatoms. The van der Waals surface area contributed by atoms with Crippen LogP contribution < -0.4 is 4.74 Å². The first-order valence-electron chi connectivity index (χ1n) is 6.01. The third kappa shape index (κ3) is 2.09. The summed E-state index contributed by atoms with van der Waals surface area (Å²) in [6, 6.07) is 4.32. The quantitative estimate of drug-likeness (QED) is 0.849. The van der Waals surface area contributed by atoms with Crippen LogP contribution in [0, 0.1) is 6.92 Å². The van der Waals surface area contributed by atoms with Gasteiger partial charge in [0.05, 0.1) is 13.2 Å². The Morgan fingerprint density at radius 1 is 1.47 bits per heavy atom. The Hall–Kier alpha value is -1.28. The van der Waals surface area contributed by atoms with Gasteiger partial charge in [-0.25, -0.2) is 0 Å². The molecular weight excluding hydrogens is 212 g/mol. The summed E-state index contributed by atoms with van der Waals surface area (Å²) in [4.78, 5) is 0. The van der Waals surface area contributed by atoms with Gasteiger partial charge in [-0.3, -0.25) is 0 Å². The number of ether oxygens (including phenoxy) is 1. The predicted molar refractivity (Wildman–Crippen MR) is 70.4 cm³/mol. The molecule has 1 N–H and O–H groups in total. The molecule has 92 valence electrons. The number of aliphatic hydroxyl groups is 1. The van der Waals surface area contributed by atoms with E-state index in [0.29, 0.717) is 0 Å². The van der Waals surface area contributed by atoms with Crippen molar-refractivity contribution >= 4 is 5.57 Å². The molecule has 0 amide bonds. The number of allylic oxidation sites excluding steroid dienone is 1. The lowest BCUT2D eigenvalue weighted by Gasteiger charge is -2.16. The maximum atomic E-state index is 8.96. The highest BCUT2D eigenvalue weighted by Gasteiger charge is 2.33. The summed E-state index contributed by atoms with van der Waals surface area (Å²) in [5.74, 6) is 1.04. The molecule has 2 nitrogen and oxygen atoms in total. The summed E-state index contributed by atoms with van der Waals surface area (Å²) in [5, 5.41) is 8.96. The molecule has 2 rings (SSSR count). The van der Waals surface area contributed by atoms with Crippen LogP contribution in [0.15, 0.2) is 18.2 Å². The van der Waals surface area contributed by atoms with Gasteiger partial charge in [0.15, 0.2) is 0 Å². The van der Waals surface area contributed by atoms with E-state index < -0.39 is 0 Å². The summed E-state index contributed by atoms with van der Waals surface area (Å²) < 4.78 is 5.77. The topological polar surface area (TPSA) is 29.5 Å². The van der Waals surface area contributed by atoms with E-state index in [2.05, 4.69) is 32.9 Å². The van der Waals surface area contributed by atoms with Gasteiger partial charge in [-0.2, -0.15) is 0 Å². The number of hydrogen-bond acceptors (Lipinski definition) is 2. The zero-order valence-corrected chi connectivity index (χ0v) is 11.0. The zero-order valence-electron chi connectivity index (χ0n) is 11.0. The Balaban J connectivity index is 2.54. The third-order valence-corrected chi connectivity index (χ3v) is 3.43. The van der Waals surface area contributed by atoms with E-state index in [9.17, 15) is 0 Å². The molecule has 0 spiro atoms. The standard InChI is InChI=1S/C15H20O2/c1-10(5-6-16)12-7-11(2)14-13(8-12)15(3,4)9-17-14/h5,7-8,16H,6,9H2,1-4H3/b10-5-. The molecule has 1 aromatic rings. The Morgan fingerprint density at radius 3 is 2.82 bits per heavy atom. The highest BCUT2D eigenvalue weighted by atomic mass is 16.5. The molecule has 0 saturated carbocycles. The van der Waals surface area contributed by atoms with Crippen LogP contribution >= 0.6 is 0 Å². The molecule has 1 aliphatic heterocycles. The normalized spacial score (nSPS) is 17.8. The molecule has 0 bridgehead atoms. The number of fused-ring (bicyclic) bond motifs is 1. The van der Waals surface area contributed by atoms with Gasteiger partial charge in [0.1, 0.15) is 5.75 Å². The van der Waals surface area contributed by atoms with E-state index in [4.69, 9.17) is 9.84 Å². The molecule has 0 aromatic heterocycles. The monoisotopic (exact) mass is 232 g/mol. The molecule has 1 aromatic carbocycles. The lowest BCUT2D eigenvalue weighted by molar-refractivity contribution is 0.290. The maximum Gasteiger partial charge on any atom is 0.126 e. The summed E-state index contributed by atoms with van der Waals surface area (Å²) in [6.07, 6.45) is 1.84. The Morgan fingerprint density at radius 2 is 2.18 bits per heavy atom. The molecule has 1 aliphatic rings. The van der Waals surface area contributed by atoms with Crippen LogP contribution in [0.2, 0.25) is 0 Å². The SMILES string of the molecule is C/C(=C/CO)c1cc(C)c2c(c1)C(C)(C)CO2. The average Bonchev–Trinajstić information content (AvgIpc) is 2.56. The second-order valence-corrected chi connectivity index (χ2v) is 5.41. The van der Waals surface area contributed by atoms with E-state index in [1.807, 2.05) is 13.0 Å². The second kappa shape index (κ2) is 4.19. The van der Waals surface area contributed by atoms with Crippen molar-refractivity contribution in [1.29, 1.82) is 0 Å². The van der Waals surface area contributed by atoms with Crippen molar-refractivity contribution in [2.24, 2.45) is 0 Å². The number of benzene rings is 1. The van der Waals surface area contributed by atoms with Crippen molar-refractivity contribution in [1.82, 2.24) is 0 Å². The van der Waals surface area contributed by atoms with Crippen LogP contribution in [0.5, 0.6) is 5.75 Å². The van der Waals surface area contributed by atoms with Crippen molar-refractivity contribution in [3.8, 4) is 5.75 Å². The molecule has 0 fully saturated rings. The third-order valence-electron chi connectivity index (χ3n) is 3.43. The Bertz CT molecular complexity index is 470. The molecule has 0 atom stereocenters. The number of hydrogen-bond donors (Lipinski definition) is 1. The molecule has 1 heterocycles. The fraction of sp³-hybridized carbons (Fsp3) is 0.467. The first-order valence-corrected chi connectivity index (χ1v) is 6.01. The van der Waals surface area contributed by atoms with Crippen LogP contribution in [0.4, 0.5) is 0 Å². The predicted octanol–water partition coefficient (Wildman–Crippen LogP) is 3.06. The highest BCUT2D eigenvalue weighted by molar-refractivity contribution is 5.68. The van der Waals surface area contributed by atoms with Gasteiger partial charge in [0.2, 0.25) is 0 Å². The molecule has 0 aliphatic carbocycles. The molecule has 0 unspecified atom stereocenters. The average molecular weight is 232 g/mol. The zero-order chi connectivity index (χ0) is 12.6. The minimum atomic E-state index is 0.0790. The fourth-order valence-corrected chi connectivity index (χ4v) is 2.28. The Labute approximate surface area is 103 Å². The van der Waals surface area contributed by atoms with Gasteiger partial charge in [0, 0.05) is 11.0 Å². The van der Waals surface area contributed by atoms with Gasteiger partial charge >= 0.3 is 0 Å². The number of aryl methyl sites for hydroxylation is 1. The van der Waals surface area contributed by atoms with Crippen LogP contribution in [0.1, 0.15) is 37.5 Å². The lowest BCUT2D eigenvalue weighted by atomic mass is 9.84. The van der Waals surface area contributed by atoms with Crippen LogP contribution in [0.3, 0.4) is 0 Å². The first-order chi connectivity index (χ1) is 7.95. The van der Waals surface area contributed by atoms with E-state index in [1.165, 1.54) is 16.7 Å². The van der Waals surface area contributed by atoms with Gasteiger partial charge < -0.3 is 9.84 Å². The smallest absolute Gasteiger partial charge is 0.126 e. The van der Waals surface area contributed by atoms with E-state index >= 15 is 0 Å². The minimum Gasteiger partial charge on any atom is -0.492 e. The lowest BCUT2D eigenvalue weighted by Crippen LogP contribution is -2.18. The fourth-order valence-electron chi connectivity index (χ4n) is 2.28. The van der Waals surface area contributed by atoms with Crippen molar-refractivity contribution < 1.29 is 9.84 Å². The number of rotatable bonds is 2. The van der Waals surface area contributed by atoms with Crippen LogP contribution in [-0.4, -0.2) is 18.3 Å². The van der Waals surface area contributed by atoms with Crippen LogP contribution in [0.25, 0.3) is 5.57 Å². The van der Waals surface area contributed by atoms with Gasteiger partial charge in [-0.1, -0.05) is 19.9 Å². The second-order valence-electron chi connectivity index (χ2n) is 5.41. The van der Waals surface area contributed by atoms with Gasteiger partial charge in [-0.15, -0.1) is 0 Å². The molecular formula is C15H20O2. The first kappa shape index (κ1) is 12.2. The number of aliphatic hydroxyl groups excluding tert-OH is 1. The van der Waals surface area contributed by atoms with Crippen molar-refractivity contribution in [3.05, 3.63) is 34.9 Å². The minimum absolute atomic E-state index is 0.0790. The van der Waals surface area contributed by atoms with Crippen LogP contribution in [-0.2, 0) is 5.41 Å². The summed E-state index contributed by atoms with van der Waals surface area (Å²) >= 11 is 0. The summed E-state index contributed by atoms with van der Waals surface area (Å²) in [6.45, 7) is 9.34. The molecule has 0 radical (unpaired) electrons. The van der Waals surface area contributed by atoms with E-state index in [-0.39, 0.29) is 12.0 Å².